The summed E-state index contributed by atoms with van der Waals surface area (Å²) in [7, 11) is 1.65. The van der Waals surface area contributed by atoms with Gasteiger partial charge in [0.05, 0.1) is 12.8 Å². The van der Waals surface area contributed by atoms with Gasteiger partial charge in [0.15, 0.2) is 0 Å². The Bertz CT molecular complexity index is 1210. The Kier molecular flexibility index (Phi) is 5.94. The van der Waals surface area contributed by atoms with E-state index in [1.807, 2.05) is 60.0 Å². The fraction of sp³-hybridized carbons (Fsp3) is 0.115. The maximum atomic E-state index is 14.1. The van der Waals surface area contributed by atoms with Gasteiger partial charge in [0.1, 0.15) is 23.2 Å². The number of nitrogens with zero attached hydrogens (tertiary/aromatic N) is 2. The van der Waals surface area contributed by atoms with Crippen LogP contribution in [0.2, 0.25) is 0 Å². The number of halogens is 2. The van der Waals surface area contributed by atoms with Gasteiger partial charge in [-0.05, 0) is 54.0 Å². The molecule has 4 rings (SSSR count). The molecule has 0 fully saturated rings. The van der Waals surface area contributed by atoms with E-state index in [9.17, 15) is 8.78 Å². The molecule has 3 aromatic carbocycles. The van der Waals surface area contributed by atoms with E-state index in [-0.39, 0.29) is 5.56 Å². The quantitative estimate of drug-likeness (QED) is 0.350. The first-order valence-corrected chi connectivity index (χ1v) is 10.0. The lowest BCUT2D eigenvalue weighted by molar-refractivity contribution is 0.415. The number of benzene rings is 3. The van der Waals surface area contributed by atoms with Gasteiger partial charge in [-0.15, -0.1) is 0 Å². The second-order valence-corrected chi connectivity index (χ2v) is 7.08. The molecular weight excluding hydrogens is 394 g/mol. The summed E-state index contributed by atoms with van der Waals surface area (Å²) in [6, 6.07) is 19.7. The first-order valence-electron chi connectivity index (χ1n) is 10.0. The fourth-order valence-electron chi connectivity index (χ4n) is 3.38. The molecule has 0 unspecified atom stereocenters. The van der Waals surface area contributed by atoms with Crippen molar-refractivity contribution in [1.82, 2.24) is 9.55 Å². The first kappa shape index (κ1) is 20.5. The largest absolute Gasteiger partial charge is 0.497 e. The van der Waals surface area contributed by atoms with E-state index in [0.29, 0.717) is 18.1 Å². The molecule has 0 atom stereocenters. The summed E-state index contributed by atoms with van der Waals surface area (Å²) in [5.41, 5.74) is 4.02. The van der Waals surface area contributed by atoms with Crippen LogP contribution < -0.4 is 4.74 Å². The normalized spacial score (nSPS) is 11.2. The Labute approximate surface area is 180 Å². The van der Waals surface area contributed by atoms with Gasteiger partial charge in [0.2, 0.25) is 0 Å². The van der Waals surface area contributed by atoms with Gasteiger partial charge in [0.25, 0.3) is 0 Å². The lowest BCUT2D eigenvalue weighted by atomic mass is 10.0. The molecule has 0 saturated carbocycles. The summed E-state index contributed by atoms with van der Waals surface area (Å²) in [5.74, 6) is 0.315. The van der Waals surface area contributed by atoms with Crippen molar-refractivity contribution in [2.75, 3.05) is 7.11 Å². The van der Waals surface area contributed by atoms with Gasteiger partial charge < -0.3 is 9.30 Å². The molecular formula is C26H22F2N2O. The highest BCUT2D eigenvalue weighted by atomic mass is 19.1. The van der Waals surface area contributed by atoms with Gasteiger partial charge in [-0.2, -0.15) is 0 Å². The monoisotopic (exact) mass is 416 g/mol. The average Bonchev–Trinajstić information content (AvgIpc) is 3.21. The molecule has 1 heterocycles. The molecule has 0 radical (unpaired) electrons. The van der Waals surface area contributed by atoms with Crippen LogP contribution in [0.25, 0.3) is 34.5 Å². The van der Waals surface area contributed by atoms with E-state index in [1.165, 1.54) is 12.1 Å². The number of rotatable bonds is 6. The number of ether oxygens (including phenoxy) is 1. The molecule has 0 saturated heterocycles. The number of aromatic nitrogens is 2. The summed E-state index contributed by atoms with van der Waals surface area (Å²) in [5, 5.41) is 0. The van der Waals surface area contributed by atoms with Crippen molar-refractivity contribution in [1.29, 1.82) is 0 Å². The van der Waals surface area contributed by atoms with Crippen LogP contribution in [0.5, 0.6) is 5.75 Å². The predicted molar refractivity (Wildman–Crippen MR) is 121 cm³/mol. The lowest BCUT2D eigenvalue weighted by Gasteiger charge is -2.04. The number of imidazole rings is 1. The Morgan fingerprint density at radius 2 is 1.58 bits per heavy atom. The maximum absolute atomic E-state index is 14.1. The van der Waals surface area contributed by atoms with Crippen LogP contribution in [0.15, 0.2) is 72.9 Å². The highest BCUT2D eigenvalue weighted by Gasteiger charge is 2.12. The van der Waals surface area contributed by atoms with E-state index >= 15 is 0 Å². The van der Waals surface area contributed by atoms with Crippen LogP contribution in [0.1, 0.15) is 18.3 Å². The standard InChI is InChI=1S/C26H22F2N2O/c1-3-30-17-25(23-14-11-21(27)16-24(23)28)29-26(30)15-6-18-4-7-19(8-5-18)20-9-12-22(31-2)13-10-20/h4-17H,3H2,1-2H3. The molecule has 0 spiro atoms. The summed E-state index contributed by atoms with van der Waals surface area (Å²) in [6.45, 7) is 2.68. The summed E-state index contributed by atoms with van der Waals surface area (Å²) in [6.07, 6.45) is 5.65. The molecule has 0 amide bonds. The molecule has 3 nitrogen and oxygen atoms in total. The Balaban J connectivity index is 1.55. The zero-order chi connectivity index (χ0) is 21.8. The third-order valence-electron chi connectivity index (χ3n) is 5.11. The minimum absolute atomic E-state index is 0.284. The average molecular weight is 416 g/mol. The van der Waals surface area contributed by atoms with Crippen molar-refractivity contribution in [2.24, 2.45) is 0 Å². The van der Waals surface area contributed by atoms with Gasteiger partial charge in [-0.25, -0.2) is 13.8 Å². The van der Waals surface area contributed by atoms with Gasteiger partial charge in [-0.1, -0.05) is 42.5 Å². The van der Waals surface area contributed by atoms with Crippen LogP contribution in [-0.4, -0.2) is 16.7 Å². The minimum Gasteiger partial charge on any atom is -0.497 e. The van der Waals surface area contributed by atoms with Crippen molar-refractivity contribution in [3.05, 3.63) is 95.9 Å². The van der Waals surface area contributed by atoms with Crippen molar-refractivity contribution < 1.29 is 13.5 Å². The molecule has 1 aromatic heterocycles. The zero-order valence-corrected chi connectivity index (χ0v) is 17.3. The molecule has 4 aromatic rings. The topological polar surface area (TPSA) is 27.1 Å². The maximum Gasteiger partial charge on any atom is 0.135 e. The second-order valence-electron chi connectivity index (χ2n) is 7.08. The van der Waals surface area contributed by atoms with Crippen molar-refractivity contribution in [3.63, 3.8) is 0 Å². The third kappa shape index (κ3) is 4.56. The van der Waals surface area contributed by atoms with Crippen LogP contribution >= 0.6 is 0 Å². The fourth-order valence-corrected chi connectivity index (χ4v) is 3.38. The molecule has 5 heteroatoms. The van der Waals surface area contributed by atoms with E-state index in [1.54, 1.807) is 13.3 Å². The van der Waals surface area contributed by atoms with Crippen molar-refractivity contribution in [2.45, 2.75) is 13.5 Å². The van der Waals surface area contributed by atoms with Gasteiger partial charge >= 0.3 is 0 Å². The Morgan fingerprint density at radius 3 is 2.19 bits per heavy atom. The zero-order valence-electron chi connectivity index (χ0n) is 17.3. The smallest absolute Gasteiger partial charge is 0.135 e. The minimum atomic E-state index is -0.620. The van der Waals surface area contributed by atoms with E-state index in [4.69, 9.17) is 4.74 Å². The first-order chi connectivity index (χ1) is 15.1. The van der Waals surface area contributed by atoms with E-state index < -0.39 is 11.6 Å². The van der Waals surface area contributed by atoms with Gasteiger partial charge in [0, 0.05) is 24.4 Å². The Morgan fingerprint density at radius 1 is 0.903 bits per heavy atom. The van der Waals surface area contributed by atoms with Crippen molar-refractivity contribution in [3.8, 4) is 28.1 Å². The number of methoxy groups -OCH3 is 1. The Hall–Kier alpha value is -3.73. The molecule has 31 heavy (non-hydrogen) atoms. The molecule has 0 aliphatic carbocycles. The van der Waals surface area contributed by atoms with Crippen molar-refractivity contribution >= 4 is 12.2 Å². The number of hydrogen-bond acceptors (Lipinski definition) is 2. The number of hydrogen-bond donors (Lipinski definition) is 0. The highest BCUT2D eigenvalue weighted by molar-refractivity contribution is 5.72. The van der Waals surface area contributed by atoms with Crippen LogP contribution in [0.4, 0.5) is 8.78 Å². The number of aryl methyl sites for hydroxylation is 1. The second kappa shape index (κ2) is 8.96. The van der Waals surface area contributed by atoms with E-state index in [0.717, 1.165) is 28.5 Å². The molecule has 0 bridgehead atoms. The molecule has 0 N–H and O–H groups in total. The van der Waals surface area contributed by atoms with Crippen LogP contribution in [-0.2, 0) is 6.54 Å². The van der Waals surface area contributed by atoms with E-state index in [2.05, 4.69) is 17.1 Å². The highest BCUT2D eigenvalue weighted by Crippen LogP contribution is 2.25. The third-order valence-corrected chi connectivity index (χ3v) is 5.11. The molecule has 0 aliphatic heterocycles. The van der Waals surface area contributed by atoms with Gasteiger partial charge in [-0.3, -0.25) is 0 Å². The van der Waals surface area contributed by atoms with Crippen LogP contribution in [0.3, 0.4) is 0 Å². The molecule has 156 valence electrons. The summed E-state index contributed by atoms with van der Waals surface area (Å²) < 4.78 is 34.5. The predicted octanol–water partition coefficient (Wildman–Crippen LogP) is 6.69. The molecule has 0 aliphatic rings. The summed E-state index contributed by atoms with van der Waals surface area (Å²) in [4.78, 5) is 4.54. The van der Waals surface area contributed by atoms with Crippen LogP contribution in [0, 0.1) is 11.6 Å². The SMILES string of the molecule is CCn1cc(-c2ccc(F)cc2F)nc1C=Cc1ccc(-c2ccc(OC)cc2)cc1. The summed E-state index contributed by atoms with van der Waals surface area (Å²) >= 11 is 0. The lowest BCUT2D eigenvalue weighted by Crippen LogP contribution is -1.94.